The van der Waals surface area contributed by atoms with Crippen LogP contribution in [0.5, 0.6) is 0 Å². The molecule has 0 aliphatic heterocycles. The largest absolute Gasteiger partial charge is 0.416 e. The van der Waals surface area contributed by atoms with Gasteiger partial charge in [0.15, 0.2) is 0 Å². The van der Waals surface area contributed by atoms with Gasteiger partial charge in [0.1, 0.15) is 5.69 Å². The number of carbonyl (C=O) groups excluding carboxylic acids is 2. The lowest BCUT2D eigenvalue weighted by Crippen LogP contribution is -2.35. The van der Waals surface area contributed by atoms with Gasteiger partial charge in [0, 0.05) is 22.0 Å². The lowest BCUT2D eigenvalue weighted by Gasteiger charge is -2.14. The molecule has 0 unspecified atom stereocenters. The summed E-state index contributed by atoms with van der Waals surface area (Å²) in [7, 11) is 0. The number of halogens is 4. The van der Waals surface area contributed by atoms with E-state index in [-0.39, 0.29) is 30.2 Å². The van der Waals surface area contributed by atoms with Crippen molar-refractivity contribution in [2.75, 3.05) is 16.0 Å². The molecule has 0 atom stereocenters. The van der Waals surface area contributed by atoms with Crippen LogP contribution in [0.4, 0.5) is 35.2 Å². The topological polar surface area (TPSA) is 113 Å². The number of anilines is 3. The highest BCUT2D eigenvalue weighted by atomic mass is 79.9. The molecule has 37 heavy (non-hydrogen) atoms. The van der Waals surface area contributed by atoms with Crippen molar-refractivity contribution in [1.29, 1.82) is 0 Å². The van der Waals surface area contributed by atoms with Crippen LogP contribution in [0.15, 0.2) is 82.1 Å². The van der Waals surface area contributed by atoms with Gasteiger partial charge in [-0.2, -0.15) is 13.2 Å². The van der Waals surface area contributed by atoms with Gasteiger partial charge in [-0.05, 0) is 56.5 Å². The molecule has 4 rings (SSSR count). The maximum atomic E-state index is 13.4. The third-order valence-corrected chi connectivity index (χ3v) is 5.34. The van der Waals surface area contributed by atoms with Crippen LogP contribution in [0.25, 0.3) is 0 Å². The molecule has 3 amide bonds. The number of alkyl halides is 3. The average Bonchev–Trinajstić information content (AvgIpc) is 3.26. The molecular weight excluding hydrogens is 557 g/mol. The fraction of sp³-hybridized carbons (Fsp3) is 0.125. The summed E-state index contributed by atoms with van der Waals surface area (Å²) in [6.45, 7) is 0.264. The lowest BCUT2D eigenvalue weighted by molar-refractivity contribution is -0.755. The molecule has 0 radical (unpaired) electrons. The van der Waals surface area contributed by atoms with Gasteiger partial charge in [-0.1, -0.05) is 30.3 Å². The molecule has 0 saturated carbocycles. The Hall–Kier alpha value is -4.26. The van der Waals surface area contributed by atoms with Gasteiger partial charge in [-0.3, -0.25) is 19.6 Å². The summed E-state index contributed by atoms with van der Waals surface area (Å²) in [5.41, 5.74) is 0.0346. The molecule has 2 heterocycles. The van der Waals surface area contributed by atoms with Crippen molar-refractivity contribution >= 4 is 45.1 Å². The second kappa shape index (κ2) is 11.2. The zero-order valence-electron chi connectivity index (χ0n) is 18.9. The molecule has 0 aliphatic carbocycles. The molecule has 4 aromatic rings. The van der Waals surface area contributed by atoms with E-state index in [1.54, 1.807) is 42.6 Å². The first-order valence-corrected chi connectivity index (χ1v) is 11.5. The van der Waals surface area contributed by atoms with Gasteiger partial charge in [0.2, 0.25) is 17.7 Å². The number of aromatic nitrogens is 3. The minimum atomic E-state index is -4.70. The average molecular weight is 576 g/mol. The van der Waals surface area contributed by atoms with E-state index in [4.69, 9.17) is 4.52 Å². The van der Waals surface area contributed by atoms with E-state index in [0.717, 1.165) is 16.6 Å². The summed E-state index contributed by atoms with van der Waals surface area (Å²) in [4.78, 5) is 29.0. The predicted molar refractivity (Wildman–Crippen MR) is 131 cm³/mol. The van der Waals surface area contributed by atoms with Crippen LogP contribution in [-0.2, 0) is 23.9 Å². The lowest BCUT2D eigenvalue weighted by atomic mass is 10.1. The minimum Gasteiger partial charge on any atom is -0.326 e. The van der Waals surface area contributed by atoms with Gasteiger partial charge in [-0.25, -0.2) is 4.79 Å². The predicted octanol–water partition coefficient (Wildman–Crippen LogP) is 5.01. The Kier molecular flexibility index (Phi) is 7.82. The molecule has 0 saturated heterocycles. The van der Waals surface area contributed by atoms with Gasteiger partial charge in [0.05, 0.1) is 12.0 Å². The fourth-order valence-corrected chi connectivity index (χ4v) is 3.51. The number of rotatable bonds is 7. The Morgan fingerprint density at radius 3 is 2.38 bits per heavy atom. The quantitative estimate of drug-likeness (QED) is 0.268. The van der Waals surface area contributed by atoms with Crippen molar-refractivity contribution in [2.45, 2.75) is 19.1 Å². The third kappa shape index (κ3) is 7.61. The van der Waals surface area contributed by atoms with Crippen LogP contribution in [0, 0.1) is 0 Å². The number of amides is 3. The molecule has 2 aromatic heterocycles. The normalized spacial score (nSPS) is 11.1. The van der Waals surface area contributed by atoms with Crippen LogP contribution < -0.4 is 20.6 Å². The highest BCUT2D eigenvalue weighted by molar-refractivity contribution is 9.10. The summed E-state index contributed by atoms with van der Waals surface area (Å²) in [6.07, 6.45) is -1.72. The second-order valence-electron chi connectivity index (χ2n) is 7.82. The van der Waals surface area contributed by atoms with E-state index < -0.39 is 23.7 Å². The molecule has 0 bridgehead atoms. The van der Waals surface area contributed by atoms with E-state index >= 15 is 0 Å². The molecule has 0 fully saturated rings. The number of carbonyl (C=O) groups is 2. The Morgan fingerprint density at radius 2 is 1.70 bits per heavy atom. The summed E-state index contributed by atoms with van der Waals surface area (Å²) < 4.78 is 47.6. The standard InChI is InChI=1S/C24H18BrF3N6O3/c25-17-6-7-18(29-12-17)13-34-14-22(37-33-34)32-23(36)31-20-10-16(24(26,27)28)9-19(11-20)30-21(35)8-15-4-2-1-3-5-15/h1-7,9-12,14H,8,13H2,(H2-,30,31,32,33,35,36)/p+1. The zero-order valence-corrected chi connectivity index (χ0v) is 20.5. The van der Waals surface area contributed by atoms with E-state index in [1.807, 2.05) is 6.07 Å². The Balaban J connectivity index is 1.42. The first-order valence-electron chi connectivity index (χ1n) is 10.7. The fourth-order valence-electron chi connectivity index (χ4n) is 3.27. The van der Waals surface area contributed by atoms with Crippen LogP contribution in [0.1, 0.15) is 16.8 Å². The van der Waals surface area contributed by atoms with Gasteiger partial charge >= 0.3 is 18.1 Å². The molecule has 9 nitrogen and oxygen atoms in total. The molecule has 190 valence electrons. The molecular formula is C24H19BrF3N6O3+. The number of nitrogens with zero attached hydrogens (tertiary/aromatic N) is 3. The van der Waals surface area contributed by atoms with Crippen molar-refractivity contribution in [3.8, 4) is 0 Å². The van der Waals surface area contributed by atoms with Crippen molar-refractivity contribution in [3.05, 3.63) is 94.4 Å². The number of urea groups is 1. The van der Waals surface area contributed by atoms with E-state index in [9.17, 15) is 22.8 Å². The van der Waals surface area contributed by atoms with E-state index in [0.29, 0.717) is 11.3 Å². The van der Waals surface area contributed by atoms with Crippen LogP contribution >= 0.6 is 15.9 Å². The first kappa shape index (κ1) is 25.8. The maximum Gasteiger partial charge on any atom is 0.416 e. The van der Waals surface area contributed by atoms with Crippen molar-refractivity contribution in [3.63, 3.8) is 0 Å². The number of hydrogen-bond donors (Lipinski definition) is 3. The summed E-state index contributed by atoms with van der Waals surface area (Å²) in [6, 6.07) is 14.2. The smallest absolute Gasteiger partial charge is 0.326 e. The Labute approximate surface area is 216 Å². The molecule has 0 spiro atoms. The van der Waals surface area contributed by atoms with Crippen molar-refractivity contribution in [1.82, 2.24) is 10.3 Å². The summed E-state index contributed by atoms with van der Waals surface area (Å²) in [5, 5.41) is 10.9. The monoisotopic (exact) mass is 575 g/mol. The number of nitrogens with one attached hydrogen (secondary N) is 3. The maximum absolute atomic E-state index is 13.4. The van der Waals surface area contributed by atoms with E-state index in [2.05, 4.69) is 42.1 Å². The molecule has 0 aliphatic rings. The number of benzene rings is 2. The molecule has 2 aromatic carbocycles. The van der Waals surface area contributed by atoms with Gasteiger partial charge < -0.3 is 10.6 Å². The molecule has 13 heteroatoms. The third-order valence-electron chi connectivity index (χ3n) is 4.87. The van der Waals surface area contributed by atoms with Crippen LogP contribution in [0.3, 0.4) is 0 Å². The zero-order chi connectivity index (χ0) is 26.4. The Bertz CT molecular complexity index is 1400. The number of pyridine rings is 1. The minimum absolute atomic E-state index is 0.0262. The Morgan fingerprint density at radius 1 is 0.973 bits per heavy atom. The number of hydrogen-bond acceptors (Lipinski definition) is 5. The second-order valence-corrected chi connectivity index (χ2v) is 8.73. The summed E-state index contributed by atoms with van der Waals surface area (Å²) in [5.74, 6) is -0.551. The van der Waals surface area contributed by atoms with Crippen LogP contribution in [0.2, 0.25) is 0 Å². The SMILES string of the molecule is O=C(Cc1ccccc1)Nc1cc(NC(=O)Nc2c[n+](Cc3ccc(Br)cn3)no2)cc(C(F)(F)F)c1. The molecule has 3 N–H and O–H groups in total. The van der Waals surface area contributed by atoms with Gasteiger partial charge in [0.25, 0.3) is 6.20 Å². The summed E-state index contributed by atoms with van der Waals surface area (Å²) >= 11 is 3.29. The van der Waals surface area contributed by atoms with Crippen molar-refractivity contribution < 1.29 is 32.0 Å². The van der Waals surface area contributed by atoms with Gasteiger partial charge in [-0.15, -0.1) is 0 Å². The highest BCUT2D eigenvalue weighted by Gasteiger charge is 2.31. The van der Waals surface area contributed by atoms with E-state index in [1.165, 1.54) is 16.9 Å². The van der Waals surface area contributed by atoms with Crippen molar-refractivity contribution in [2.24, 2.45) is 0 Å². The van der Waals surface area contributed by atoms with Crippen LogP contribution in [-0.4, -0.2) is 22.2 Å². The highest BCUT2D eigenvalue weighted by Crippen LogP contribution is 2.33. The first-order chi connectivity index (χ1) is 17.6.